The molecule has 85 valence electrons. The maximum Gasteiger partial charge on any atom is 0.204 e. The van der Waals surface area contributed by atoms with E-state index in [-0.39, 0.29) is 0 Å². The molecule has 1 radical (unpaired) electrons. The second-order valence-corrected chi connectivity index (χ2v) is 6.34. The minimum absolute atomic E-state index is 0.439. The Morgan fingerprint density at radius 2 is 1.29 bits per heavy atom. The topological polar surface area (TPSA) is 9.23 Å². The van der Waals surface area contributed by atoms with Crippen LogP contribution < -0.4 is 0 Å². The van der Waals surface area contributed by atoms with Crippen molar-refractivity contribution in [1.82, 2.24) is 0 Å². The molecule has 0 bridgehead atoms. The molecular formula is C12H27OSi. The van der Waals surface area contributed by atoms with E-state index in [1.807, 2.05) is 0 Å². The van der Waals surface area contributed by atoms with Crippen LogP contribution in [0.3, 0.4) is 0 Å². The van der Waals surface area contributed by atoms with E-state index < -0.39 is 9.04 Å². The minimum atomic E-state index is -0.439. The average Bonchev–Trinajstić information content (AvgIpc) is 2.15. The number of rotatable bonds is 10. The van der Waals surface area contributed by atoms with Crippen molar-refractivity contribution in [3.8, 4) is 0 Å². The SMILES string of the molecule is CCCCCCCCCCO[Si](C)C. The van der Waals surface area contributed by atoms with Gasteiger partial charge >= 0.3 is 0 Å². The van der Waals surface area contributed by atoms with Gasteiger partial charge < -0.3 is 4.43 Å². The van der Waals surface area contributed by atoms with Crippen LogP contribution in [-0.4, -0.2) is 15.6 Å². The monoisotopic (exact) mass is 215 g/mol. The van der Waals surface area contributed by atoms with Crippen molar-refractivity contribution in [2.75, 3.05) is 6.61 Å². The standard InChI is InChI=1S/C12H27OSi/c1-4-5-6-7-8-9-10-11-12-13-14(2)3/h4-12H2,1-3H3. The normalized spacial score (nSPS) is 11.1. The molecule has 0 heterocycles. The first-order chi connectivity index (χ1) is 6.77. The van der Waals surface area contributed by atoms with Crippen LogP contribution in [-0.2, 0) is 4.43 Å². The molecule has 1 nitrogen and oxygen atoms in total. The van der Waals surface area contributed by atoms with E-state index in [0.29, 0.717) is 0 Å². The lowest BCUT2D eigenvalue weighted by Crippen LogP contribution is -2.08. The van der Waals surface area contributed by atoms with Crippen LogP contribution in [0, 0.1) is 0 Å². The van der Waals surface area contributed by atoms with Gasteiger partial charge in [0.05, 0.1) is 0 Å². The molecule has 0 aliphatic rings. The lowest BCUT2D eigenvalue weighted by atomic mass is 10.1. The number of hydrogen-bond acceptors (Lipinski definition) is 1. The third kappa shape index (κ3) is 12.2. The Bertz CT molecular complexity index is 104. The largest absolute Gasteiger partial charge is 0.417 e. The van der Waals surface area contributed by atoms with Gasteiger partial charge in [-0.25, -0.2) is 0 Å². The fourth-order valence-electron chi connectivity index (χ4n) is 1.51. The zero-order valence-corrected chi connectivity index (χ0v) is 11.3. The van der Waals surface area contributed by atoms with E-state index >= 15 is 0 Å². The van der Waals surface area contributed by atoms with Crippen LogP contribution in [0.1, 0.15) is 58.3 Å². The van der Waals surface area contributed by atoms with Gasteiger partial charge in [-0.05, 0) is 19.5 Å². The molecule has 0 rings (SSSR count). The summed E-state index contributed by atoms with van der Waals surface area (Å²) in [5, 5.41) is 0. The number of hydrogen-bond donors (Lipinski definition) is 0. The second kappa shape index (κ2) is 11.3. The predicted octanol–water partition coefficient (Wildman–Crippen LogP) is 4.39. The fraction of sp³-hybridized carbons (Fsp3) is 1.00. The highest BCUT2D eigenvalue weighted by Gasteiger charge is 1.95. The van der Waals surface area contributed by atoms with E-state index in [4.69, 9.17) is 4.43 Å². The van der Waals surface area contributed by atoms with Gasteiger partial charge in [0, 0.05) is 6.61 Å². The summed E-state index contributed by atoms with van der Waals surface area (Å²) in [6.07, 6.45) is 11.1. The molecule has 0 unspecified atom stereocenters. The molecule has 0 saturated carbocycles. The third-order valence-corrected chi connectivity index (χ3v) is 3.17. The highest BCUT2D eigenvalue weighted by Crippen LogP contribution is 2.08. The van der Waals surface area contributed by atoms with Crippen LogP contribution in [0.25, 0.3) is 0 Å². The Morgan fingerprint density at radius 1 is 0.786 bits per heavy atom. The van der Waals surface area contributed by atoms with Gasteiger partial charge in [-0.15, -0.1) is 0 Å². The Morgan fingerprint density at radius 3 is 1.79 bits per heavy atom. The van der Waals surface area contributed by atoms with E-state index in [1.165, 1.54) is 51.4 Å². The molecule has 0 fully saturated rings. The first-order valence-corrected chi connectivity index (χ1v) is 8.61. The second-order valence-electron chi connectivity index (χ2n) is 4.23. The molecule has 14 heavy (non-hydrogen) atoms. The van der Waals surface area contributed by atoms with Crippen molar-refractivity contribution in [2.24, 2.45) is 0 Å². The lowest BCUT2D eigenvalue weighted by molar-refractivity contribution is 0.311. The predicted molar refractivity (Wildman–Crippen MR) is 66.0 cm³/mol. The molecule has 2 heteroatoms. The Balaban J connectivity index is 2.85. The highest BCUT2D eigenvalue weighted by molar-refractivity contribution is 6.48. The highest BCUT2D eigenvalue weighted by atomic mass is 28.3. The molecule has 0 N–H and O–H groups in total. The zero-order valence-electron chi connectivity index (χ0n) is 10.3. The van der Waals surface area contributed by atoms with Crippen LogP contribution in [0.2, 0.25) is 13.1 Å². The summed E-state index contributed by atoms with van der Waals surface area (Å²) in [7, 11) is -0.439. The molecular weight excluding hydrogens is 188 g/mol. The van der Waals surface area contributed by atoms with Crippen molar-refractivity contribution >= 4 is 9.04 Å². The smallest absolute Gasteiger partial charge is 0.204 e. The van der Waals surface area contributed by atoms with Crippen LogP contribution >= 0.6 is 0 Å². The van der Waals surface area contributed by atoms with Gasteiger partial charge in [-0.3, -0.25) is 0 Å². The van der Waals surface area contributed by atoms with Gasteiger partial charge in [0.25, 0.3) is 0 Å². The molecule has 0 spiro atoms. The van der Waals surface area contributed by atoms with Gasteiger partial charge in [-0.2, -0.15) is 0 Å². The van der Waals surface area contributed by atoms with Crippen molar-refractivity contribution < 1.29 is 4.43 Å². The van der Waals surface area contributed by atoms with E-state index in [9.17, 15) is 0 Å². The van der Waals surface area contributed by atoms with Crippen LogP contribution in [0.4, 0.5) is 0 Å². The van der Waals surface area contributed by atoms with Crippen molar-refractivity contribution in [3.63, 3.8) is 0 Å². The molecule has 0 amide bonds. The molecule has 0 aromatic heterocycles. The van der Waals surface area contributed by atoms with Crippen LogP contribution in [0.5, 0.6) is 0 Å². The summed E-state index contributed by atoms with van der Waals surface area (Å²) in [4.78, 5) is 0. The first-order valence-electron chi connectivity index (χ1n) is 6.20. The summed E-state index contributed by atoms with van der Waals surface area (Å²) in [5.41, 5.74) is 0. The molecule has 0 atom stereocenters. The summed E-state index contributed by atoms with van der Waals surface area (Å²) in [6.45, 7) is 7.67. The summed E-state index contributed by atoms with van der Waals surface area (Å²) in [5.74, 6) is 0. The Kier molecular flexibility index (Phi) is 11.4. The summed E-state index contributed by atoms with van der Waals surface area (Å²) < 4.78 is 5.59. The quantitative estimate of drug-likeness (QED) is 0.388. The molecule has 0 aromatic rings. The molecule has 0 aliphatic carbocycles. The van der Waals surface area contributed by atoms with E-state index in [1.54, 1.807) is 0 Å². The minimum Gasteiger partial charge on any atom is -0.417 e. The maximum atomic E-state index is 5.59. The van der Waals surface area contributed by atoms with Gasteiger partial charge in [0.2, 0.25) is 9.04 Å². The molecule has 0 saturated heterocycles. The third-order valence-electron chi connectivity index (χ3n) is 2.39. The molecule has 0 aromatic carbocycles. The Hall–Kier alpha value is 0.177. The van der Waals surface area contributed by atoms with Gasteiger partial charge in [-0.1, -0.05) is 51.9 Å². The average molecular weight is 215 g/mol. The number of unbranched alkanes of at least 4 members (excludes halogenated alkanes) is 7. The maximum absolute atomic E-state index is 5.59. The van der Waals surface area contributed by atoms with Crippen molar-refractivity contribution in [1.29, 1.82) is 0 Å². The zero-order chi connectivity index (χ0) is 10.6. The van der Waals surface area contributed by atoms with E-state index in [2.05, 4.69) is 20.0 Å². The van der Waals surface area contributed by atoms with Crippen molar-refractivity contribution in [2.45, 2.75) is 71.4 Å². The van der Waals surface area contributed by atoms with Crippen LogP contribution in [0.15, 0.2) is 0 Å². The summed E-state index contributed by atoms with van der Waals surface area (Å²) >= 11 is 0. The summed E-state index contributed by atoms with van der Waals surface area (Å²) in [6, 6.07) is 0. The Labute approximate surface area is 92.0 Å². The van der Waals surface area contributed by atoms with E-state index in [0.717, 1.165) is 6.61 Å². The first kappa shape index (κ1) is 14.2. The van der Waals surface area contributed by atoms with Gasteiger partial charge in [0.1, 0.15) is 0 Å². The van der Waals surface area contributed by atoms with Gasteiger partial charge in [0.15, 0.2) is 0 Å². The van der Waals surface area contributed by atoms with Crippen molar-refractivity contribution in [3.05, 3.63) is 0 Å². The fourth-order valence-corrected chi connectivity index (χ4v) is 2.06. The molecule has 0 aliphatic heterocycles. The lowest BCUT2D eigenvalue weighted by Gasteiger charge is -2.05.